The van der Waals surface area contributed by atoms with Crippen LogP contribution in [-0.2, 0) is 14.4 Å². The van der Waals surface area contributed by atoms with Crippen LogP contribution >= 0.6 is 0 Å². The van der Waals surface area contributed by atoms with Crippen molar-refractivity contribution in [1.82, 2.24) is 10.7 Å². The van der Waals surface area contributed by atoms with Crippen molar-refractivity contribution in [2.45, 2.75) is 27.7 Å². The summed E-state index contributed by atoms with van der Waals surface area (Å²) >= 11 is 0. The van der Waals surface area contributed by atoms with E-state index in [4.69, 9.17) is 4.74 Å². The molecule has 31 heavy (non-hydrogen) atoms. The predicted molar refractivity (Wildman–Crippen MR) is 120 cm³/mol. The van der Waals surface area contributed by atoms with E-state index in [-0.39, 0.29) is 18.4 Å². The van der Waals surface area contributed by atoms with Gasteiger partial charge >= 0.3 is 11.8 Å². The van der Waals surface area contributed by atoms with Gasteiger partial charge in [-0.15, -0.1) is 0 Å². The summed E-state index contributed by atoms with van der Waals surface area (Å²) in [7, 11) is 0. The summed E-state index contributed by atoms with van der Waals surface area (Å²) in [5.74, 6) is -1.13. The Morgan fingerprint density at radius 3 is 2.55 bits per heavy atom. The number of hydrazone groups is 1. The molecule has 0 spiro atoms. The largest absolute Gasteiger partial charge is 0.484 e. The lowest BCUT2D eigenvalue weighted by Crippen LogP contribution is -2.39. The van der Waals surface area contributed by atoms with Crippen LogP contribution in [0.3, 0.4) is 0 Å². The molecule has 0 saturated carbocycles. The van der Waals surface area contributed by atoms with Crippen LogP contribution in [0.25, 0.3) is 0 Å². The molecular weight excluding hydrogens is 396 g/mol. The van der Waals surface area contributed by atoms with Crippen molar-refractivity contribution in [2.75, 3.05) is 18.5 Å². The fraction of sp³-hybridized carbons (Fsp3) is 0.304. The highest BCUT2D eigenvalue weighted by Gasteiger charge is 2.12. The van der Waals surface area contributed by atoms with Gasteiger partial charge in [-0.2, -0.15) is 5.10 Å². The van der Waals surface area contributed by atoms with Gasteiger partial charge in [0.2, 0.25) is 0 Å². The molecule has 0 aliphatic heterocycles. The molecule has 0 heterocycles. The standard InChI is InChI=1S/C23H28N4O4/c1-15(2)12-24-22(29)23(30)27-25-13-18-8-6-9-19(11-18)31-14-21(28)26-20-10-5-7-16(3)17(20)4/h5-11,13,15H,12,14H2,1-4H3,(H,24,29)(H,26,28)(H,27,30)/b25-13-. The zero-order valence-electron chi connectivity index (χ0n) is 18.2. The molecule has 3 amide bonds. The van der Waals surface area contributed by atoms with E-state index in [1.807, 2.05) is 45.9 Å². The number of nitrogens with zero attached hydrogens (tertiary/aromatic N) is 1. The van der Waals surface area contributed by atoms with Gasteiger partial charge in [-0.25, -0.2) is 5.43 Å². The van der Waals surface area contributed by atoms with Gasteiger partial charge in [0.15, 0.2) is 6.61 Å². The smallest absolute Gasteiger partial charge is 0.329 e. The van der Waals surface area contributed by atoms with Gasteiger partial charge in [0.25, 0.3) is 5.91 Å². The van der Waals surface area contributed by atoms with Gasteiger partial charge in [-0.1, -0.05) is 38.1 Å². The molecule has 164 valence electrons. The van der Waals surface area contributed by atoms with Gasteiger partial charge in [0, 0.05) is 12.2 Å². The number of hydrogen-bond acceptors (Lipinski definition) is 5. The first-order valence-corrected chi connectivity index (χ1v) is 9.96. The molecule has 0 aliphatic carbocycles. The molecule has 0 atom stereocenters. The van der Waals surface area contributed by atoms with Crippen LogP contribution in [0.15, 0.2) is 47.6 Å². The second-order valence-corrected chi connectivity index (χ2v) is 7.46. The highest BCUT2D eigenvalue weighted by atomic mass is 16.5. The number of carbonyl (C=O) groups excluding carboxylic acids is 3. The summed E-state index contributed by atoms with van der Waals surface area (Å²) in [5.41, 5.74) is 5.66. The third kappa shape index (κ3) is 7.93. The second-order valence-electron chi connectivity index (χ2n) is 7.46. The lowest BCUT2D eigenvalue weighted by atomic mass is 10.1. The van der Waals surface area contributed by atoms with Crippen LogP contribution in [0.1, 0.15) is 30.5 Å². The van der Waals surface area contributed by atoms with Gasteiger partial charge in [0.1, 0.15) is 5.75 Å². The number of hydrogen-bond donors (Lipinski definition) is 3. The molecule has 8 nitrogen and oxygen atoms in total. The summed E-state index contributed by atoms with van der Waals surface area (Å²) in [6, 6.07) is 12.6. The molecule has 2 aromatic carbocycles. The van der Waals surface area contributed by atoms with Crippen LogP contribution in [0.2, 0.25) is 0 Å². The van der Waals surface area contributed by atoms with Crippen molar-refractivity contribution in [2.24, 2.45) is 11.0 Å². The molecule has 0 saturated heterocycles. The summed E-state index contributed by atoms with van der Waals surface area (Å²) in [4.78, 5) is 35.5. The van der Waals surface area contributed by atoms with E-state index in [0.717, 1.165) is 16.8 Å². The maximum absolute atomic E-state index is 12.2. The van der Waals surface area contributed by atoms with Gasteiger partial charge in [-0.05, 0) is 54.7 Å². The summed E-state index contributed by atoms with van der Waals surface area (Å²) in [6.07, 6.45) is 1.39. The molecule has 0 bridgehead atoms. The molecule has 3 N–H and O–H groups in total. The lowest BCUT2D eigenvalue weighted by molar-refractivity contribution is -0.139. The lowest BCUT2D eigenvalue weighted by Gasteiger charge is -2.11. The third-order valence-electron chi connectivity index (χ3n) is 4.36. The van der Waals surface area contributed by atoms with Crippen molar-refractivity contribution in [3.8, 4) is 5.75 Å². The van der Waals surface area contributed by atoms with Gasteiger partial charge < -0.3 is 15.4 Å². The topological polar surface area (TPSA) is 109 Å². The van der Waals surface area contributed by atoms with Crippen LogP contribution in [0.5, 0.6) is 5.75 Å². The third-order valence-corrected chi connectivity index (χ3v) is 4.36. The highest BCUT2D eigenvalue weighted by Crippen LogP contribution is 2.18. The van der Waals surface area contributed by atoms with Crippen LogP contribution < -0.4 is 20.8 Å². The Labute approximate surface area is 182 Å². The number of rotatable bonds is 8. The Morgan fingerprint density at radius 2 is 1.81 bits per heavy atom. The van der Waals surface area contributed by atoms with E-state index >= 15 is 0 Å². The second kappa shape index (κ2) is 11.5. The van der Waals surface area contributed by atoms with Crippen molar-refractivity contribution in [3.63, 3.8) is 0 Å². The number of amides is 3. The Kier molecular flexibility index (Phi) is 8.75. The first-order valence-electron chi connectivity index (χ1n) is 9.96. The number of carbonyl (C=O) groups is 3. The molecule has 0 radical (unpaired) electrons. The van der Waals surface area contributed by atoms with Crippen LogP contribution in [0.4, 0.5) is 5.69 Å². The maximum Gasteiger partial charge on any atom is 0.329 e. The average Bonchev–Trinajstić information content (AvgIpc) is 2.74. The predicted octanol–water partition coefficient (Wildman–Crippen LogP) is 2.54. The van der Waals surface area contributed by atoms with Crippen molar-refractivity contribution >= 4 is 29.6 Å². The van der Waals surface area contributed by atoms with E-state index in [9.17, 15) is 14.4 Å². The van der Waals surface area contributed by atoms with Crippen LogP contribution in [-0.4, -0.2) is 37.1 Å². The average molecular weight is 425 g/mol. The Bertz CT molecular complexity index is 970. The first kappa shape index (κ1) is 23.6. The van der Waals surface area contributed by atoms with Crippen LogP contribution in [0, 0.1) is 19.8 Å². The van der Waals surface area contributed by atoms with E-state index in [1.54, 1.807) is 24.3 Å². The summed E-state index contributed by atoms with van der Waals surface area (Å²) in [6.45, 7) is 8.04. The fourth-order valence-corrected chi connectivity index (χ4v) is 2.50. The number of benzene rings is 2. The zero-order valence-corrected chi connectivity index (χ0v) is 18.2. The number of anilines is 1. The van der Waals surface area contributed by atoms with Crippen molar-refractivity contribution < 1.29 is 19.1 Å². The molecule has 2 rings (SSSR count). The molecule has 0 unspecified atom stereocenters. The summed E-state index contributed by atoms with van der Waals surface area (Å²) < 4.78 is 5.55. The Morgan fingerprint density at radius 1 is 1.06 bits per heavy atom. The van der Waals surface area contributed by atoms with Gasteiger partial charge in [0.05, 0.1) is 6.21 Å². The molecule has 0 aromatic heterocycles. The minimum Gasteiger partial charge on any atom is -0.484 e. The zero-order chi connectivity index (χ0) is 22.8. The fourth-order valence-electron chi connectivity index (χ4n) is 2.50. The van der Waals surface area contributed by atoms with E-state index in [0.29, 0.717) is 17.9 Å². The maximum atomic E-state index is 12.2. The first-order chi connectivity index (χ1) is 14.8. The quantitative estimate of drug-likeness (QED) is 0.344. The minimum absolute atomic E-state index is 0.152. The molecule has 2 aromatic rings. The van der Waals surface area contributed by atoms with Crippen molar-refractivity contribution in [3.05, 3.63) is 59.2 Å². The SMILES string of the molecule is Cc1cccc(NC(=O)COc2cccc(/C=N\NC(=O)C(=O)NCC(C)C)c2)c1C. The minimum atomic E-state index is -0.840. The Hall–Kier alpha value is -3.68. The van der Waals surface area contributed by atoms with E-state index in [1.165, 1.54) is 6.21 Å². The molecule has 0 fully saturated rings. The Balaban J connectivity index is 1.85. The van der Waals surface area contributed by atoms with Crippen molar-refractivity contribution in [1.29, 1.82) is 0 Å². The monoisotopic (exact) mass is 424 g/mol. The van der Waals surface area contributed by atoms with E-state index < -0.39 is 11.8 Å². The molecule has 0 aliphatic rings. The molecular formula is C23H28N4O4. The highest BCUT2D eigenvalue weighted by molar-refractivity contribution is 6.35. The number of aryl methyl sites for hydroxylation is 1. The van der Waals surface area contributed by atoms with E-state index in [2.05, 4.69) is 21.2 Å². The molecule has 8 heteroatoms. The van der Waals surface area contributed by atoms with Gasteiger partial charge in [-0.3, -0.25) is 14.4 Å². The number of nitrogens with one attached hydrogen (secondary N) is 3. The summed E-state index contributed by atoms with van der Waals surface area (Å²) in [5, 5.41) is 9.12. The normalized spacial score (nSPS) is 10.7. The number of ether oxygens (including phenoxy) is 1.